The molecule has 0 bridgehead atoms. The quantitative estimate of drug-likeness (QED) is 0.480. The van der Waals surface area contributed by atoms with Crippen LogP contribution < -0.4 is 5.32 Å². The second kappa shape index (κ2) is 8.87. The largest absolute Gasteiger partial charge is 0.305 e. The fraction of sp³-hybridized carbons (Fsp3) is 0.235. The number of hydrogen-bond acceptors (Lipinski definition) is 6. The minimum atomic E-state index is -0.198. The molecule has 1 N–H and O–H groups in total. The molecule has 0 unspecified atom stereocenters. The van der Waals surface area contributed by atoms with Crippen LogP contribution in [0.4, 0.5) is 5.82 Å². The average molecular weight is 459 g/mol. The van der Waals surface area contributed by atoms with E-state index in [4.69, 9.17) is 23.2 Å². The number of benzene rings is 1. The van der Waals surface area contributed by atoms with E-state index in [1.807, 2.05) is 42.3 Å². The maximum absolute atomic E-state index is 12.7. The second-order valence-electron chi connectivity index (χ2n) is 5.59. The third kappa shape index (κ3) is 4.63. The first-order valence-corrected chi connectivity index (χ1v) is 11.8. The molecule has 0 saturated heterocycles. The van der Waals surface area contributed by atoms with Crippen molar-refractivity contribution in [1.82, 2.24) is 14.2 Å². The molecule has 0 radical (unpaired) electrons. The van der Waals surface area contributed by atoms with Crippen LogP contribution in [0.25, 0.3) is 0 Å². The Labute approximate surface area is 180 Å². The van der Waals surface area contributed by atoms with Crippen molar-refractivity contribution in [2.75, 3.05) is 17.8 Å². The molecule has 2 heterocycles. The number of amides is 1. The summed E-state index contributed by atoms with van der Waals surface area (Å²) in [6.07, 6.45) is 3.84. The number of aryl methyl sites for hydroxylation is 1. The molecule has 0 spiro atoms. The molecule has 3 aromatic rings. The summed E-state index contributed by atoms with van der Waals surface area (Å²) in [5.74, 6) is 0.305. The van der Waals surface area contributed by atoms with E-state index in [1.54, 1.807) is 6.07 Å². The van der Waals surface area contributed by atoms with Gasteiger partial charge in [-0.2, -0.15) is 9.47 Å². The van der Waals surface area contributed by atoms with Crippen molar-refractivity contribution in [2.24, 2.45) is 0 Å². The van der Waals surface area contributed by atoms with Gasteiger partial charge in [0.25, 0.3) is 5.91 Å². The number of carbonyl (C=O) groups is 1. The summed E-state index contributed by atoms with van der Waals surface area (Å²) >= 11 is 16.4. The maximum Gasteiger partial charge on any atom is 0.261 e. The predicted molar refractivity (Wildman–Crippen MR) is 116 cm³/mol. The Hall–Kier alpha value is -1.19. The molecule has 1 amide bonds. The number of aromatic nitrogens is 3. The van der Waals surface area contributed by atoms with Crippen molar-refractivity contribution in [3.05, 3.63) is 51.1 Å². The van der Waals surface area contributed by atoms with Gasteiger partial charge in [0.05, 0.1) is 26.4 Å². The number of hydrogen-bond donors (Lipinski definition) is 1. The van der Waals surface area contributed by atoms with Crippen molar-refractivity contribution < 1.29 is 4.79 Å². The summed E-state index contributed by atoms with van der Waals surface area (Å²) in [6, 6.07) is 7.32. The van der Waals surface area contributed by atoms with Crippen molar-refractivity contribution in [1.29, 1.82) is 0 Å². The Morgan fingerprint density at radius 2 is 2.00 bits per heavy atom. The van der Waals surface area contributed by atoms with E-state index in [1.165, 1.54) is 35.1 Å². The Kier molecular flexibility index (Phi) is 6.75. The monoisotopic (exact) mass is 458 g/mol. The van der Waals surface area contributed by atoms with Crippen LogP contribution >= 0.6 is 58.3 Å². The van der Waals surface area contributed by atoms with Gasteiger partial charge in [0.15, 0.2) is 5.82 Å². The van der Waals surface area contributed by atoms with E-state index in [0.29, 0.717) is 28.0 Å². The van der Waals surface area contributed by atoms with Crippen LogP contribution in [0.5, 0.6) is 0 Å². The Bertz CT molecular complexity index is 965. The number of thioether (sulfide) groups is 2. The van der Waals surface area contributed by atoms with Crippen LogP contribution in [-0.2, 0) is 6.54 Å². The van der Waals surface area contributed by atoms with Gasteiger partial charge in [-0.3, -0.25) is 9.48 Å². The molecule has 0 fully saturated rings. The van der Waals surface area contributed by atoms with Crippen LogP contribution in [0.15, 0.2) is 33.5 Å². The molecular weight excluding hydrogens is 443 g/mol. The van der Waals surface area contributed by atoms with Crippen molar-refractivity contribution >= 4 is 70.0 Å². The standard InChI is InChI=1S/C17H16Cl2N4OS3/c1-9-6-13(20-15(24)14-16(25-2)22-27-17(14)26-3)21-23(9)8-10-4-5-11(18)12(19)7-10/h4-7H,8H2,1-3H3,(H,20,21,24). The predicted octanol–water partition coefficient (Wildman–Crippen LogP) is 5.70. The summed E-state index contributed by atoms with van der Waals surface area (Å²) in [5.41, 5.74) is 2.51. The van der Waals surface area contributed by atoms with Gasteiger partial charge in [-0.05, 0) is 48.7 Å². The van der Waals surface area contributed by atoms with Gasteiger partial charge < -0.3 is 5.32 Å². The van der Waals surface area contributed by atoms with Gasteiger partial charge in [0, 0.05) is 11.8 Å². The minimum absolute atomic E-state index is 0.198. The second-order valence-corrected chi connectivity index (χ2v) is 9.05. The van der Waals surface area contributed by atoms with E-state index in [0.717, 1.165) is 20.5 Å². The number of nitrogens with one attached hydrogen (secondary N) is 1. The zero-order valence-corrected chi connectivity index (χ0v) is 18.7. The summed E-state index contributed by atoms with van der Waals surface area (Å²) in [4.78, 5) is 12.7. The summed E-state index contributed by atoms with van der Waals surface area (Å²) < 4.78 is 7.04. The zero-order chi connectivity index (χ0) is 19.6. The molecule has 2 aromatic heterocycles. The molecule has 27 heavy (non-hydrogen) atoms. The lowest BCUT2D eigenvalue weighted by Gasteiger charge is -2.06. The molecule has 0 aliphatic rings. The van der Waals surface area contributed by atoms with Gasteiger partial charge in [-0.25, -0.2) is 0 Å². The van der Waals surface area contributed by atoms with Crippen molar-refractivity contribution in [3.8, 4) is 0 Å². The highest BCUT2D eigenvalue weighted by Crippen LogP contribution is 2.33. The Morgan fingerprint density at radius 1 is 1.22 bits per heavy atom. The fourth-order valence-electron chi connectivity index (χ4n) is 2.45. The number of halogens is 2. The molecule has 0 saturated carbocycles. The van der Waals surface area contributed by atoms with Gasteiger partial charge in [0.2, 0.25) is 0 Å². The van der Waals surface area contributed by atoms with Crippen LogP contribution in [-0.4, -0.2) is 32.6 Å². The lowest BCUT2D eigenvalue weighted by atomic mass is 10.2. The van der Waals surface area contributed by atoms with Crippen LogP contribution in [0.2, 0.25) is 10.0 Å². The first-order valence-electron chi connectivity index (χ1n) is 7.80. The third-order valence-electron chi connectivity index (χ3n) is 3.77. The topological polar surface area (TPSA) is 59.8 Å². The molecule has 0 aliphatic heterocycles. The normalized spacial score (nSPS) is 11.0. The van der Waals surface area contributed by atoms with E-state index in [-0.39, 0.29) is 5.91 Å². The van der Waals surface area contributed by atoms with Crippen LogP contribution in [0, 0.1) is 6.92 Å². The molecule has 3 rings (SSSR count). The lowest BCUT2D eigenvalue weighted by Crippen LogP contribution is -2.14. The van der Waals surface area contributed by atoms with Gasteiger partial charge >= 0.3 is 0 Å². The van der Waals surface area contributed by atoms with E-state index < -0.39 is 0 Å². The molecule has 10 heteroatoms. The van der Waals surface area contributed by atoms with Crippen LogP contribution in [0.1, 0.15) is 21.6 Å². The van der Waals surface area contributed by atoms with Gasteiger partial charge in [-0.1, -0.05) is 29.3 Å². The molecule has 0 atom stereocenters. The summed E-state index contributed by atoms with van der Waals surface area (Å²) in [7, 11) is 0. The smallest absolute Gasteiger partial charge is 0.261 e. The highest BCUT2D eigenvalue weighted by Gasteiger charge is 2.21. The van der Waals surface area contributed by atoms with E-state index >= 15 is 0 Å². The lowest BCUT2D eigenvalue weighted by molar-refractivity contribution is 0.102. The minimum Gasteiger partial charge on any atom is -0.305 e. The molecule has 1 aromatic carbocycles. The SMILES string of the molecule is CSc1nsc(SC)c1C(=O)Nc1cc(C)n(Cc2ccc(Cl)c(Cl)c2)n1. The Balaban J connectivity index is 1.79. The number of nitrogens with zero attached hydrogens (tertiary/aromatic N) is 3. The third-order valence-corrected chi connectivity index (χ3v) is 7.25. The van der Waals surface area contributed by atoms with Crippen LogP contribution in [0.3, 0.4) is 0 Å². The van der Waals surface area contributed by atoms with Crippen molar-refractivity contribution in [2.45, 2.75) is 22.7 Å². The summed E-state index contributed by atoms with van der Waals surface area (Å²) in [6.45, 7) is 2.47. The molecule has 142 valence electrons. The maximum atomic E-state index is 12.7. The van der Waals surface area contributed by atoms with E-state index in [2.05, 4.69) is 14.8 Å². The van der Waals surface area contributed by atoms with Gasteiger partial charge in [0.1, 0.15) is 5.03 Å². The Morgan fingerprint density at radius 3 is 2.67 bits per heavy atom. The van der Waals surface area contributed by atoms with Gasteiger partial charge in [-0.15, -0.1) is 23.5 Å². The first-order chi connectivity index (χ1) is 12.9. The molecule has 0 aliphatic carbocycles. The number of carbonyl (C=O) groups excluding carboxylic acids is 1. The fourth-order valence-corrected chi connectivity index (χ4v) is 5.05. The first kappa shape index (κ1) is 20.5. The average Bonchev–Trinajstić information content (AvgIpc) is 3.21. The number of rotatable bonds is 6. The molecule has 5 nitrogen and oxygen atoms in total. The number of anilines is 1. The van der Waals surface area contributed by atoms with Crippen molar-refractivity contribution in [3.63, 3.8) is 0 Å². The molecular formula is C17H16Cl2N4OS3. The highest BCUT2D eigenvalue weighted by atomic mass is 35.5. The zero-order valence-electron chi connectivity index (χ0n) is 14.7. The summed E-state index contributed by atoms with van der Waals surface area (Å²) in [5, 5.41) is 9.13. The van der Waals surface area contributed by atoms with E-state index in [9.17, 15) is 4.79 Å². The highest BCUT2D eigenvalue weighted by molar-refractivity contribution is 8.01.